The molecule has 0 saturated carbocycles. The number of hydrogen-bond donors (Lipinski definition) is 2. The van der Waals surface area contributed by atoms with Crippen LogP contribution in [0.25, 0.3) is 0 Å². The highest BCUT2D eigenvalue weighted by atomic mass is 15.0. The van der Waals surface area contributed by atoms with Gasteiger partial charge in [-0.2, -0.15) is 5.26 Å². The number of rotatable bonds is 4. The van der Waals surface area contributed by atoms with Crippen molar-refractivity contribution in [3.8, 4) is 6.07 Å². The summed E-state index contributed by atoms with van der Waals surface area (Å²) in [5, 5.41) is 12.3. The summed E-state index contributed by atoms with van der Waals surface area (Å²) in [5.74, 6) is 0.630. The zero-order valence-corrected chi connectivity index (χ0v) is 10.9. The minimum absolute atomic E-state index is 0.547. The predicted molar refractivity (Wildman–Crippen MR) is 75.3 cm³/mol. The number of aromatic nitrogens is 1. The normalized spacial score (nSPS) is 9.95. The molecule has 2 rings (SSSR count). The molecule has 0 radical (unpaired) electrons. The molecule has 1 aromatic heterocycles. The molecule has 0 bridgehead atoms. The number of nitrogens with one attached hydrogen (secondary N) is 1. The number of nitriles is 1. The van der Waals surface area contributed by atoms with Crippen molar-refractivity contribution >= 4 is 5.82 Å². The van der Waals surface area contributed by atoms with Crippen LogP contribution in [-0.4, -0.2) is 4.98 Å². The van der Waals surface area contributed by atoms with E-state index < -0.39 is 0 Å². The quantitative estimate of drug-likeness (QED) is 0.875. The van der Waals surface area contributed by atoms with Crippen molar-refractivity contribution in [1.29, 1.82) is 5.26 Å². The van der Waals surface area contributed by atoms with E-state index in [-0.39, 0.29) is 0 Å². The van der Waals surface area contributed by atoms with Crippen LogP contribution in [0.2, 0.25) is 0 Å². The van der Waals surface area contributed by atoms with Gasteiger partial charge >= 0.3 is 0 Å². The van der Waals surface area contributed by atoms with E-state index in [0.717, 1.165) is 16.7 Å². The van der Waals surface area contributed by atoms with Gasteiger partial charge in [-0.15, -0.1) is 0 Å². The van der Waals surface area contributed by atoms with Crippen LogP contribution < -0.4 is 11.1 Å². The zero-order chi connectivity index (χ0) is 13.7. The lowest BCUT2D eigenvalue weighted by Gasteiger charge is -2.09. The summed E-state index contributed by atoms with van der Waals surface area (Å²) in [5.41, 5.74) is 9.32. The summed E-state index contributed by atoms with van der Waals surface area (Å²) in [6.45, 7) is 3.09. The molecule has 1 aromatic carbocycles. The van der Waals surface area contributed by atoms with Crippen LogP contribution in [0.1, 0.15) is 22.3 Å². The van der Waals surface area contributed by atoms with Crippen LogP contribution in [0.15, 0.2) is 36.5 Å². The van der Waals surface area contributed by atoms with Gasteiger partial charge in [0.1, 0.15) is 11.9 Å². The van der Waals surface area contributed by atoms with Crippen molar-refractivity contribution in [3.05, 3.63) is 58.8 Å². The Bertz CT molecular complexity index is 597. The molecule has 0 spiro atoms. The molecular weight excluding hydrogens is 236 g/mol. The van der Waals surface area contributed by atoms with Gasteiger partial charge in [-0.25, -0.2) is 4.98 Å². The van der Waals surface area contributed by atoms with Crippen LogP contribution in [0.4, 0.5) is 5.82 Å². The maximum atomic E-state index is 9.12. The number of anilines is 1. The van der Waals surface area contributed by atoms with Gasteiger partial charge in [0.2, 0.25) is 0 Å². The Morgan fingerprint density at radius 3 is 2.53 bits per heavy atom. The van der Waals surface area contributed by atoms with Crippen LogP contribution in [0.5, 0.6) is 0 Å². The molecule has 0 atom stereocenters. The van der Waals surface area contributed by atoms with Gasteiger partial charge < -0.3 is 11.1 Å². The Kier molecular flexibility index (Phi) is 4.11. The van der Waals surface area contributed by atoms with Gasteiger partial charge in [-0.3, -0.25) is 0 Å². The third-order valence-corrected chi connectivity index (χ3v) is 2.99. The number of benzene rings is 1. The van der Waals surface area contributed by atoms with Gasteiger partial charge in [-0.1, -0.05) is 24.3 Å². The molecule has 0 fully saturated rings. The summed E-state index contributed by atoms with van der Waals surface area (Å²) < 4.78 is 0. The van der Waals surface area contributed by atoms with E-state index in [1.54, 1.807) is 6.20 Å². The summed E-state index contributed by atoms with van der Waals surface area (Å²) in [6.07, 6.45) is 1.70. The second-order valence-electron chi connectivity index (χ2n) is 4.34. The SMILES string of the molecule is Cc1ccnc(NCc2ccc(CN)cc2)c1C#N. The Morgan fingerprint density at radius 2 is 1.89 bits per heavy atom. The van der Waals surface area contributed by atoms with Gasteiger partial charge in [0, 0.05) is 19.3 Å². The molecule has 0 aliphatic carbocycles. The fourth-order valence-electron chi connectivity index (χ4n) is 1.81. The zero-order valence-electron chi connectivity index (χ0n) is 10.9. The summed E-state index contributed by atoms with van der Waals surface area (Å²) in [7, 11) is 0. The molecule has 1 heterocycles. The number of aryl methyl sites for hydroxylation is 1. The van der Waals surface area contributed by atoms with Crippen LogP contribution in [0, 0.1) is 18.3 Å². The molecular formula is C15H16N4. The first-order chi connectivity index (χ1) is 9.24. The van der Waals surface area contributed by atoms with Crippen molar-refractivity contribution in [2.24, 2.45) is 5.73 Å². The molecule has 0 aliphatic rings. The molecule has 3 N–H and O–H groups in total. The van der Waals surface area contributed by atoms with E-state index in [2.05, 4.69) is 16.4 Å². The Labute approximate surface area is 112 Å². The molecule has 0 aliphatic heterocycles. The highest BCUT2D eigenvalue weighted by molar-refractivity contribution is 5.55. The van der Waals surface area contributed by atoms with Crippen molar-refractivity contribution in [2.45, 2.75) is 20.0 Å². The number of nitrogens with zero attached hydrogens (tertiary/aromatic N) is 2. The second-order valence-corrected chi connectivity index (χ2v) is 4.34. The van der Waals surface area contributed by atoms with Gasteiger partial charge in [0.15, 0.2) is 0 Å². The van der Waals surface area contributed by atoms with E-state index in [1.165, 1.54) is 0 Å². The van der Waals surface area contributed by atoms with E-state index in [1.807, 2.05) is 37.3 Å². The first-order valence-electron chi connectivity index (χ1n) is 6.12. The topological polar surface area (TPSA) is 74.7 Å². The minimum Gasteiger partial charge on any atom is -0.365 e. The minimum atomic E-state index is 0.547. The molecule has 4 heteroatoms. The fraction of sp³-hybridized carbons (Fsp3) is 0.200. The average Bonchev–Trinajstić information content (AvgIpc) is 2.45. The molecule has 19 heavy (non-hydrogen) atoms. The molecule has 0 unspecified atom stereocenters. The maximum Gasteiger partial charge on any atom is 0.144 e. The monoisotopic (exact) mass is 252 g/mol. The summed E-state index contributed by atoms with van der Waals surface area (Å²) in [4.78, 5) is 4.21. The first kappa shape index (κ1) is 13.1. The number of hydrogen-bond acceptors (Lipinski definition) is 4. The lowest BCUT2D eigenvalue weighted by Crippen LogP contribution is -2.04. The molecule has 96 valence electrons. The van der Waals surface area contributed by atoms with Gasteiger partial charge in [0.25, 0.3) is 0 Å². The lowest BCUT2D eigenvalue weighted by atomic mass is 10.1. The van der Waals surface area contributed by atoms with Gasteiger partial charge in [0.05, 0.1) is 5.56 Å². The van der Waals surface area contributed by atoms with Crippen molar-refractivity contribution in [1.82, 2.24) is 4.98 Å². The largest absolute Gasteiger partial charge is 0.365 e. The van der Waals surface area contributed by atoms with E-state index in [4.69, 9.17) is 11.0 Å². The van der Waals surface area contributed by atoms with Crippen molar-refractivity contribution < 1.29 is 0 Å². The van der Waals surface area contributed by atoms with Crippen LogP contribution in [0.3, 0.4) is 0 Å². The highest BCUT2D eigenvalue weighted by Crippen LogP contribution is 2.16. The molecule has 0 amide bonds. The van der Waals surface area contributed by atoms with Crippen molar-refractivity contribution in [2.75, 3.05) is 5.32 Å². The standard InChI is InChI=1S/C15H16N4/c1-11-6-7-18-15(14(11)9-17)19-10-13-4-2-12(8-16)3-5-13/h2-7H,8,10,16H2,1H3,(H,18,19). The lowest BCUT2D eigenvalue weighted by molar-refractivity contribution is 1.05. The molecule has 0 saturated heterocycles. The number of pyridine rings is 1. The summed E-state index contributed by atoms with van der Waals surface area (Å²) >= 11 is 0. The highest BCUT2D eigenvalue weighted by Gasteiger charge is 2.05. The average molecular weight is 252 g/mol. The maximum absolute atomic E-state index is 9.12. The van der Waals surface area contributed by atoms with Crippen molar-refractivity contribution in [3.63, 3.8) is 0 Å². The Balaban J connectivity index is 2.10. The molecule has 4 nitrogen and oxygen atoms in total. The first-order valence-corrected chi connectivity index (χ1v) is 6.12. The van der Waals surface area contributed by atoms with Crippen LogP contribution in [-0.2, 0) is 13.1 Å². The predicted octanol–water partition coefficient (Wildman–Crippen LogP) is 2.33. The molecule has 2 aromatic rings. The number of nitrogens with two attached hydrogens (primary N) is 1. The summed E-state index contributed by atoms with van der Waals surface area (Å²) in [6, 6.07) is 12.1. The van der Waals surface area contributed by atoms with Gasteiger partial charge in [-0.05, 0) is 29.7 Å². The third kappa shape index (κ3) is 3.09. The van der Waals surface area contributed by atoms with E-state index in [0.29, 0.717) is 24.5 Å². The second kappa shape index (κ2) is 5.98. The Morgan fingerprint density at radius 1 is 1.21 bits per heavy atom. The van der Waals surface area contributed by atoms with E-state index >= 15 is 0 Å². The van der Waals surface area contributed by atoms with Crippen LogP contribution >= 0.6 is 0 Å². The Hall–Kier alpha value is -2.38. The fourth-order valence-corrected chi connectivity index (χ4v) is 1.81. The smallest absolute Gasteiger partial charge is 0.144 e. The third-order valence-electron chi connectivity index (χ3n) is 2.99. The van der Waals surface area contributed by atoms with E-state index in [9.17, 15) is 0 Å².